The molecule has 0 spiro atoms. The summed E-state index contributed by atoms with van der Waals surface area (Å²) in [6.45, 7) is 2.25. The Morgan fingerprint density at radius 1 is 1.02 bits per heavy atom. The number of hydrogen-bond donors (Lipinski definition) is 5. The Morgan fingerprint density at radius 3 is 2.38 bits per heavy atom. The van der Waals surface area contributed by atoms with Crippen molar-refractivity contribution in [2.75, 3.05) is 32.5 Å². The van der Waals surface area contributed by atoms with Crippen LogP contribution in [-0.2, 0) is 24.4 Å². The minimum absolute atomic E-state index is 0.0665. The van der Waals surface area contributed by atoms with Crippen molar-refractivity contribution in [3.8, 4) is 0 Å². The minimum Gasteiger partial charge on any atom is -0.451 e. The molecule has 0 aliphatic carbocycles. The number of amides is 4. The highest BCUT2D eigenvalue weighted by Gasteiger charge is 2.30. The van der Waals surface area contributed by atoms with Gasteiger partial charge in [0.05, 0.1) is 12.9 Å². The van der Waals surface area contributed by atoms with Gasteiger partial charge in [-0.05, 0) is 69.7 Å². The van der Waals surface area contributed by atoms with E-state index >= 15 is 0 Å². The predicted octanol–water partition coefficient (Wildman–Crippen LogP) is 1.01. The number of likely N-dealkylation sites (tertiary alicyclic amines) is 1. The summed E-state index contributed by atoms with van der Waals surface area (Å²) in [7, 11) is -3.79. The van der Waals surface area contributed by atoms with Crippen molar-refractivity contribution in [2.45, 2.75) is 63.6 Å². The van der Waals surface area contributed by atoms with Crippen molar-refractivity contribution in [1.82, 2.24) is 25.6 Å². The van der Waals surface area contributed by atoms with Crippen LogP contribution in [0.4, 0.5) is 0 Å². The predicted molar refractivity (Wildman–Crippen MR) is 159 cm³/mol. The number of carbonyl (C=O) groups is 4. The van der Waals surface area contributed by atoms with Gasteiger partial charge in [-0.2, -0.15) is 0 Å². The summed E-state index contributed by atoms with van der Waals surface area (Å²) >= 11 is 3.35. The molecule has 1 fully saturated rings. The summed E-state index contributed by atoms with van der Waals surface area (Å²) in [5.74, 6) is -2.07. The Bertz CT molecular complexity index is 1380. The molecule has 2 aromatic rings. The van der Waals surface area contributed by atoms with Crippen LogP contribution in [0.3, 0.4) is 0 Å². The molecule has 1 aliphatic rings. The van der Waals surface area contributed by atoms with Crippen LogP contribution in [0.5, 0.6) is 0 Å². The highest BCUT2D eigenvalue weighted by Crippen LogP contribution is 2.23. The van der Waals surface area contributed by atoms with Crippen molar-refractivity contribution in [3.63, 3.8) is 0 Å². The van der Waals surface area contributed by atoms with Gasteiger partial charge in [0, 0.05) is 29.5 Å². The maximum absolute atomic E-state index is 12.9. The van der Waals surface area contributed by atoms with E-state index in [1.807, 2.05) is 12.1 Å². The second-order valence-electron chi connectivity index (χ2n) is 10.3. The number of rotatable bonds is 14. The summed E-state index contributed by atoms with van der Waals surface area (Å²) in [6.07, 6.45) is 4.57. The number of furan rings is 1. The Balaban J connectivity index is 1.49. The van der Waals surface area contributed by atoms with Crippen molar-refractivity contribution < 1.29 is 37.1 Å². The van der Waals surface area contributed by atoms with Gasteiger partial charge >= 0.3 is 0 Å². The number of nitrogens with zero attached hydrogens (tertiary/aromatic N) is 1. The van der Waals surface area contributed by atoms with Crippen LogP contribution in [0.2, 0.25) is 0 Å². The van der Waals surface area contributed by atoms with Crippen LogP contribution >= 0.6 is 15.9 Å². The molecule has 0 bridgehead atoms. The standard InChI is InChI=1S/C27H38BrN5O8S/c1-17(27(38)33-12-6-3-7-13-33)30-25(36)21(16-34)31-24(35)20(32-42(2,39)40)8-4-5-11-29-26(37)23-14-18-9-10-19(28)15-22(18)41-23/h9-10,14-15,17,20-21,32,34H,3-8,11-13,16H2,1-2H3,(H,29,37)(H,30,36)(H,31,35)/t17-,20-,21-/m0/s1. The van der Waals surface area contributed by atoms with Gasteiger partial charge in [-0.15, -0.1) is 0 Å². The zero-order valence-electron chi connectivity index (χ0n) is 23.7. The van der Waals surface area contributed by atoms with Crippen LogP contribution in [0.15, 0.2) is 33.2 Å². The number of benzene rings is 1. The Hall–Kier alpha value is -3.01. The van der Waals surface area contributed by atoms with Crippen molar-refractivity contribution in [3.05, 3.63) is 34.5 Å². The molecular weight excluding hydrogens is 634 g/mol. The molecule has 5 N–H and O–H groups in total. The number of piperidine rings is 1. The molecule has 4 amide bonds. The first-order valence-electron chi connectivity index (χ1n) is 13.8. The van der Waals surface area contributed by atoms with E-state index in [1.165, 1.54) is 6.92 Å². The van der Waals surface area contributed by atoms with E-state index in [0.29, 0.717) is 31.5 Å². The Labute approximate surface area is 253 Å². The number of sulfonamides is 1. The van der Waals surface area contributed by atoms with Gasteiger partial charge in [0.25, 0.3) is 5.91 Å². The number of unbranched alkanes of at least 4 members (excludes halogenated alkanes) is 1. The minimum atomic E-state index is -3.79. The molecule has 15 heteroatoms. The van der Waals surface area contributed by atoms with E-state index in [0.717, 1.165) is 35.4 Å². The molecule has 0 unspecified atom stereocenters. The number of nitrogens with one attached hydrogen (secondary N) is 4. The van der Waals surface area contributed by atoms with Crippen LogP contribution in [0.25, 0.3) is 11.0 Å². The monoisotopic (exact) mass is 671 g/mol. The largest absolute Gasteiger partial charge is 0.451 e. The number of fused-ring (bicyclic) bond motifs is 1. The van der Waals surface area contributed by atoms with Gasteiger partial charge in [-0.1, -0.05) is 15.9 Å². The van der Waals surface area contributed by atoms with E-state index in [2.05, 4.69) is 36.6 Å². The molecule has 42 heavy (non-hydrogen) atoms. The first kappa shape index (κ1) is 33.5. The molecule has 3 rings (SSSR count). The lowest BCUT2D eigenvalue weighted by Gasteiger charge is -2.30. The highest BCUT2D eigenvalue weighted by molar-refractivity contribution is 9.10. The van der Waals surface area contributed by atoms with Crippen LogP contribution in [0, 0.1) is 0 Å². The van der Waals surface area contributed by atoms with Gasteiger partial charge < -0.3 is 30.4 Å². The van der Waals surface area contributed by atoms with E-state index < -0.39 is 52.5 Å². The molecule has 1 aromatic carbocycles. The quantitative estimate of drug-likeness (QED) is 0.184. The molecular formula is C27H38BrN5O8S. The Morgan fingerprint density at radius 2 is 1.71 bits per heavy atom. The average Bonchev–Trinajstić information content (AvgIpc) is 3.37. The molecule has 232 valence electrons. The van der Waals surface area contributed by atoms with E-state index in [4.69, 9.17) is 4.42 Å². The first-order valence-corrected chi connectivity index (χ1v) is 16.5. The number of hydrogen-bond acceptors (Lipinski definition) is 8. The van der Waals surface area contributed by atoms with E-state index in [1.54, 1.807) is 17.0 Å². The van der Waals surface area contributed by atoms with E-state index in [9.17, 15) is 32.7 Å². The summed E-state index contributed by atoms with van der Waals surface area (Å²) in [5, 5.41) is 18.2. The fourth-order valence-corrected chi connectivity index (χ4v) is 5.69. The normalized spacial score (nSPS) is 16.0. The summed E-state index contributed by atoms with van der Waals surface area (Å²) in [4.78, 5) is 52.4. The Kier molecular flexibility index (Phi) is 12.3. The zero-order valence-corrected chi connectivity index (χ0v) is 26.1. The molecule has 0 saturated carbocycles. The molecule has 3 atom stereocenters. The highest BCUT2D eigenvalue weighted by atomic mass is 79.9. The third-order valence-corrected chi connectivity index (χ3v) is 8.00. The van der Waals surface area contributed by atoms with Crippen molar-refractivity contribution in [1.29, 1.82) is 0 Å². The smallest absolute Gasteiger partial charge is 0.287 e. The van der Waals surface area contributed by atoms with Crippen LogP contribution in [0.1, 0.15) is 56.0 Å². The number of halogens is 1. The van der Waals surface area contributed by atoms with Crippen LogP contribution in [-0.4, -0.2) is 92.7 Å². The van der Waals surface area contributed by atoms with Gasteiger partial charge in [0.15, 0.2) is 5.76 Å². The molecule has 1 aromatic heterocycles. The SMILES string of the molecule is C[C@H](NC(=O)[C@H](CO)NC(=O)[C@H](CCCCNC(=O)c1cc2ccc(Br)cc2o1)NS(C)(=O)=O)C(=O)N1CCCCC1. The number of carbonyl (C=O) groups excluding carboxylic acids is 4. The lowest BCUT2D eigenvalue weighted by molar-refractivity contribution is -0.138. The first-order chi connectivity index (χ1) is 19.9. The summed E-state index contributed by atoms with van der Waals surface area (Å²) < 4.78 is 32.5. The summed E-state index contributed by atoms with van der Waals surface area (Å²) in [5.41, 5.74) is 0.563. The molecule has 1 aliphatic heterocycles. The molecule has 13 nitrogen and oxygen atoms in total. The number of aliphatic hydroxyl groups is 1. The molecule has 1 saturated heterocycles. The van der Waals surface area contributed by atoms with Gasteiger partial charge in [-0.25, -0.2) is 13.1 Å². The summed E-state index contributed by atoms with van der Waals surface area (Å²) in [6, 6.07) is 3.58. The topological polar surface area (TPSA) is 187 Å². The van der Waals surface area contributed by atoms with Gasteiger partial charge in [0.1, 0.15) is 23.7 Å². The second-order valence-corrected chi connectivity index (χ2v) is 13.0. The third-order valence-electron chi connectivity index (χ3n) is 6.80. The fraction of sp³-hybridized carbons (Fsp3) is 0.556. The third kappa shape index (κ3) is 10.1. The average molecular weight is 673 g/mol. The zero-order chi connectivity index (χ0) is 30.9. The maximum atomic E-state index is 12.9. The van der Waals surface area contributed by atoms with Gasteiger partial charge in [0.2, 0.25) is 27.7 Å². The second kappa shape index (κ2) is 15.5. The lowest BCUT2D eigenvalue weighted by atomic mass is 10.1. The van der Waals surface area contributed by atoms with E-state index in [-0.39, 0.29) is 24.6 Å². The lowest BCUT2D eigenvalue weighted by Crippen LogP contribution is -2.57. The molecule has 0 radical (unpaired) electrons. The van der Waals surface area contributed by atoms with Crippen LogP contribution < -0.4 is 20.7 Å². The number of aliphatic hydroxyl groups excluding tert-OH is 1. The maximum Gasteiger partial charge on any atom is 0.287 e. The van der Waals surface area contributed by atoms with Crippen molar-refractivity contribution >= 4 is 60.6 Å². The van der Waals surface area contributed by atoms with Crippen molar-refractivity contribution in [2.24, 2.45) is 0 Å². The fourth-order valence-electron chi connectivity index (χ4n) is 4.61. The van der Waals surface area contributed by atoms with Gasteiger partial charge in [-0.3, -0.25) is 19.2 Å². The molecule has 2 heterocycles.